The SMILES string of the molecule is COC(=O)N(C)c1cnc(C(N)=CC(=NCc2ccccc2F)c2ccon2)nc1N. The van der Waals surface area contributed by atoms with Crippen molar-refractivity contribution in [2.75, 3.05) is 24.8 Å². The van der Waals surface area contributed by atoms with E-state index in [-0.39, 0.29) is 35.4 Å². The van der Waals surface area contributed by atoms with Gasteiger partial charge in [-0.2, -0.15) is 0 Å². The predicted molar refractivity (Wildman–Crippen MR) is 113 cm³/mol. The highest BCUT2D eigenvalue weighted by Crippen LogP contribution is 2.21. The van der Waals surface area contributed by atoms with Gasteiger partial charge < -0.3 is 20.7 Å². The summed E-state index contributed by atoms with van der Waals surface area (Å²) in [6.07, 6.45) is 3.59. The van der Waals surface area contributed by atoms with Crippen LogP contribution in [0.1, 0.15) is 17.1 Å². The maximum absolute atomic E-state index is 13.9. The first-order chi connectivity index (χ1) is 14.9. The van der Waals surface area contributed by atoms with E-state index in [1.165, 1.54) is 38.8 Å². The molecule has 4 N–H and O–H groups in total. The van der Waals surface area contributed by atoms with Crippen LogP contribution in [-0.4, -0.2) is 41.1 Å². The Bertz CT molecular complexity index is 1130. The molecule has 2 heterocycles. The van der Waals surface area contributed by atoms with Crippen molar-refractivity contribution in [3.8, 4) is 0 Å². The standard InChI is InChI=1S/C20H20FN7O3/c1-28(20(29)30-2)17-11-25-19(26-18(17)23)14(22)9-16(15-7-8-31-27-15)24-10-12-5-3-4-6-13(12)21/h3-9,11H,10,22H2,1-2H3,(H2,23,25,26). The number of benzene rings is 1. The second-order valence-electron chi connectivity index (χ2n) is 6.27. The number of hydrogen-bond acceptors (Lipinski definition) is 9. The molecule has 0 atom stereocenters. The van der Waals surface area contributed by atoms with Crippen molar-refractivity contribution in [2.45, 2.75) is 6.54 Å². The van der Waals surface area contributed by atoms with Crippen molar-refractivity contribution < 1.29 is 18.4 Å². The van der Waals surface area contributed by atoms with Gasteiger partial charge in [0.05, 0.1) is 31.3 Å². The van der Waals surface area contributed by atoms with Gasteiger partial charge in [-0.1, -0.05) is 23.4 Å². The Morgan fingerprint density at radius 2 is 2.13 bits per heavy atom. The lowest BCUT2D eigenvalue weighted by molar-refractivity contribution is 0.180. The zero-order valence-corrected chi connectivity index (χ0v) is 16.8. The van der Waals surface area contributed by atoms with E-state index in [0.717, 1.165) is 4.90 Å². The number of carbonyl (C=O) groups excluding carboxylic acids is 1. The van der Waals surface area contributed by atoms with E-state index in [9.17, 15) is 9.18 Å². The van der Waals surface area contributed by atoms with Crippen LogP contribution >= 0.6 is 0 Å². The number of allylic oxidation sites excluding steroid dienone is 1. The second kappa shape index (κ2) is 9.48. The first-order valence-electron chi connectivity index (χ1n) is 9.01. The zero-order chi connectivity index (χ0) is 22.4. The Morgan fingerprint density at radius 1 is 1.35 bits per heavy atom. The van der Waals surface area contributed by atoms with Gasteiger partial charge in [0.1, 0.15) is 23.5 Å². The smallest absolute Gasteiger partial charge is 0.413 e. The fourth-order valence-corrected chi connectivity index (χ4v) is 2.58. The number of hydrogen-bond donors (Lipinski definition) is 2. The maximum atomic E-state index is 13.9. The zero-order valence-electron chi connectivity index (χ0n) is 16.8. The number of aromatic nitrogens is 3. The van der Waals surface area contributed by atoms with E-state index >= 15 is 0 Å². The van der Waals surface area contributed by atoms with Crippen LogP contribution in [-0.2, 0) is 11.3 Å². The van der Waals surface area contributed by atoms with E-state index < -0.39 is 6.09 Å². The minimum Gasteiger partial charge on any atom is -0.452 e. The van der Waals surface area contributed by atoms with E-state index in [1.54, 1.807) is 24.3 Å². The molecule has 10 nitrogen and oxygen atoms in total. The van der Waals surface area contributed by atoms with Crippen molar-refractivity contribution in [3.05, 3.63) is 71.8 Å². The van der Waals surface area contributed by atoms with Crippen LogP contribution in [0.2, 0.25) is 0 Å². The number of nitrogens with zero attached hydrogens (tertiary/aromatic N) is 5. The first kappa shape index (κ1) is 21.4. The average Bonchev–Trinajstić information content (AvgIpc) is 3.31. The molecular weight excluding hydrogens is 405 g/mol. The van der Waals surface area contributed by atoms with Crippen LogP contribution in [0.3, 0.4) is 0 Å². The van der Waals surface area contributed by atoms with Gasteiger partial charge in [0.2, 0.25) is 0 Å². The Labute approximate surface area is 177 Å². The molecule has 0 aliphatic carbocycles. The summed E-state index contributed by atoms with van der Waals surface area (Å²) in [7, 11) is 2.72. The molecule has 31 heavy (non-hydrogen) atoms. The summed E-state index contributed by atoms with van der Waals surface area (Å²) in [6, 6.07) is 7.90. The van der Waals surface area contributed by atoms with Gasteiger partial charge >= 0.3 is 6.09 Å². The Hall–Kier alpha value is -4.28. The number of nitrogen functional groups attached to an aromatic ring is 1. The Balaban J connectivity index is 1.92. The summed E-state index contributed by atoms with van der Waals surface area (Å²) in [6.45, 7) is 0.0600. The van der Waals surface area contributed by atoms with Crippen LogP contribution in [0, 0.1) is 5.82 Å². The summed E-state index contributed by atoms with van der Waals surface area (Å²) >= 11 is 0. The van der Waals surface area contributed by atoms with E-state index in [1.807, 2.05) is 0 Å². The summed E-state index contributed by atoms with van der Waals surface area (Å²) < 4.78 is 23.4. The number of aliphatic imine (C=N–C) groups is 1. The first-order valence-corrected chi connectivity index (χ1v) is 9.01. The molecular formula is C20H20FN7O3. The minimum absolute atomic E-state index is 0.0283. The summed E-state index contributed by atoms with van der Waals surface area (Å²) in [5.41, 5.74) is 13.6. The number of carbonyl (C=O) groups is 1. The van der Waals surface area contributed by atoms with Crippen LogP contribution in [0.5, 0.6) is 0 Å². The molecule has 11 heteroatoms. The number of nitrogens with two attached hydrogens (primary N) is 2. The number of methoxy groups -OCH3 is 1. The third kappa shape index (κ3) is 5.01. The lowest BCUT2D eigenvalue weighted by atomic mass is 10.2. The normalized spacial score (nSPS) is 12.0. The molecule has 0 radical (unpaired) electrons. The summed E-state index contributed by atoms with van der Waals surface area (Å²) in [5.74, 6) is -0.230. The lowest BCUT2D eigenvalue weighted by Crippen LogP contribution is -2.27. The van der Waals surface area contributed by atoms with Gasteiger partial charge in [0, 0.05) is 18.7 Å². The third-order valence-electron chi connectivity index (χ3n) is 4.24. The molecule has 3 aromatic rings. The van der Waals surface area contributed by atoms with Gasteiger partial charge in [-0.15, -0.1) is 0 Å². The topological polar surface area (TPSA) is 146 Å². The van der Waals surface area contributed by atoms with Crippen molar-refractivity contribution in [3.63, 3.8) is 0 Å². The van der Waals surface area contributed by atoms with Gasteiger partial charge in [-0.3, -0.25) is 9.89 Å². The van der Waals surface area contributed by atoms with E-state index in [2.05, 4.69) is 24.9 Å². The molecule has 0 fully saturated rings. The maximum Gasteiger partial charge on any atom is 0.413 e. The Morgan fingerprint density at radius 3 is 2.77 bits per heavy atom. The minimum atomic E-state index is -0.625. The van der Waals surface area contributed by atoms with Crippen molar-refractivity contribution in [1.29, 1.82) is 0 Å². The van der Waals surface area contributed by atoms with E-state index in [4.69, 9.17) is 16.0 Å². The molecule has 1 amide bonds. The molecule has 0 aliphatic heterocycles. The van der Waals surface area contributed by atoms with Crippen LogP contribution in [0.4, 0.5) is 20.7 Å². The molecule has 0 bridgehead atoms. The molecule has 0 spiro atoms. The van der Waals surface area contributed by atoms with Crippen LogP contribution in [0.25, 0.3) is 5.70 Å². The monoisotopic (exact) mass is 425 g/mol. The largest absolute Gasteiger partial charge is 0.452 e. The Kier molecular flexibility index (Phi) is 6.55. The highest BCUT2D eigenvalue weighted by Gasteiger charge is 2.17. The van der Waals surface area contributed by atoms with Crippen molar-refractivity contribution >= 4 is 29.0 Å². The molecule has 0 saturated carbocycles. The predicted octanol–water partition coefficient (Wildman–Crippen LogP) is 2.38. The lowest BCUT2D eigenvalue weighted by Gasteiger charge is -2.16. The fourth-order valence-electron chi connectivity index (χ4n) is 2.58. The van der Waals surface area contributed by atoms with Crippen LogP contribution in [0.15, 0.2) is 58.4 Å². The van der Waals surface area contributed by atoms with Gasteiger partial charge in [-0.25, -0.2) is 19.2 Å². The third-order valence-corrected chi connectivity index (χ3v) is 4.24. The summed E-state index contributed by atoms with van der Waals surface area (Å²) in [5, 5.41) is 3.86. The number of rotatable bonds is 6. The van der Waals surface area contributed by atoms with Crippen LogP contribution < -0.4 is 16.4 Å². The average molecular weight is 425 g/mol. The molecule has 0 aliphatic rings. The second-order valence-corrected chi connectivity index (χ2v) is 6.27. The van der Waals surface area contributed by atoms with Gasteiger partial charge in [0.15, 0.2) is 11.6 Å². The molecule has 1 aromatic carbocycles. The quantitative estimate of drug-likeness (QED) is 0.572. The molecule has 3 rings (SSSR count). The molecule has 0 saturated heterocycles. The van der Waals surface area contributed by atoms with E-state index in [0.29, 0.717) is 17.0 Å². The van der Waals surface area contributed by atoms with Crippen molar-refractivity contribution in [2.24, 2.45) is 10.7 Å². The van der Waals surface area contributed by atoms with Crippen molar-refractivity contribution in [1.82, 2.24) is 15.1 Å². The summed E-state index contributed by atoms with van der Waals surface area (Å²) in [4.78, 5) is 25.5. The molecule has 160 valence electrons. The highest BCUT2D eigenvalue weighted by molar-refractivity contribution is 6.10. The fraction of sp³-hybridized carbons (Fsp3) is 0.150. The van der Waals surface area contributed by atoms with Gasteiger partial charge in [0.25, 0.3) is 0 Å². The molecule has 2 aromatic heterocycles. The number of ether oxygens (including phenoxy) is 1. The van der Waals surface area contributed by atoms with Gasteiger partial charge in [-0.05, 0) is 12.1 Å². The highest BCUT2D eigenvalue weighted by atomic mass is 19.1. The number of anilines is 2. The molecule has 0 unspecified atom stereocenters. The number of amides is 1. The number of halogens is 1.